The molecule has 1 aromatic carbocycles. The van der Waals surface area contributed by atoms with Crippen LogP contribution in [-0.2, 0) is 0 Å². The highest BCUT2D eigenvalue weighted by molar-refractivity contribution is 5.91. The van der Waals surface area contributed by atoms with Crippen LogP contribution in [0.4, 0.5) is 5.69 Å². The molecule has 0 unspecified atom stereocenters. The zero-order chi connectivity index (χ0) is 12.1. The number of fused-ring (bicyclic) bond motifs is 1. The molecule has 1 aromatic heterocycles. The Hall–Kier alpha value is -1.81. The van der Waals surface area contributed by atoms with E-state index in [-0.39, 0.29) is 6.61 Å². The molecule has 0 fully saturated rings. The number of rotatable bonds is 5. The molecule has 0 amide bonds. The number of methoxy groups -OCH3 is 1. The Morgan fingerprint density at radius 3 is 3.06 bits per heavy atom. The highest BCUT2D eigenvalue weighted by Crippen LogP contribution is 2.27. The van der Waals surface area contributed by atoms with Crippen LogP contribution in [-0.4, -0.2) is 30.4 Å². The summed E-state index contributed by atoms with van der Waals surface area (Å²) >= 11 is 0. The van der Waals surface area contributed by atoms with Crippen molar-refractivity contribution in [2.75, 3.05) is 25.6 Å². The largest absolute Gasteiger partial charge is 0.497 e. The van der Waals surface area contributed by atoms with E-state index in [1.54, 1.807) is 13.3 Å². The third kappa shape index (κ3) is 2.65. The second-order valence-electron chi connectivity index (χ2n) is 3.75. The van der Waals surface area contributed by atoms with Crippen LogP contribution >= 0.6 is 0 Å². The average molecular weight is 232 g/mol. The van der Waals surface area contributed by atoms with Crippen molar-refractivity contribution in [2.45, 2.75) is 6.42 Å². The molecule has 0 radical (unpaired) electrons. The van der Waals surface area contributed by atoms with E-state index in [1.807, 2.05) is 24.3 Å². The summed E-state index contributed by atoms with van der Waals surface area (Å²) in [7, 11) is 1.65. The van der Waals surface area contributed by atoms with Gasteiger partial charge in [0.15, 0.2) is 0 Å². The van der Waals surface area contributed by atoms with Crippen molar-refractivity contribution >= 4 is 16.6 Å². The number of hydrogen-bond acceptors (Lipinski definition) is 4. The molecule has 4 nitrogen and oxygen atoms in total. The first kappa shape index (κ1) is 11.7. The van der Waals surface area contributed by atoms with Gasteiger partial charge in [-0.05, 0) is 18.6 Å². The number of ether oxygens (including phenoxy) is 1. The monoisotopic (exact) mass is 232 g/mol. The van der Waals surface area contributed by atoms with Gasteiger partial charge in [0, 0.05) is 30.8 Å². The number of aliphatic hydroxyl groups excluding tert-OH is 1. The lowest BCUT2D eigenvalue weighted by molar-refractivity contribution is 0.292. The third-order valence-electron chi connectivity index (χ3n) is 2.56. The van der Waals surface area contributed by atoms with Crippen molar-refractivity contribution in [3.05, 3.63) is 30.5 Å². The molecule has 90 valence electrons. The maximum atomic E-state index is 8.78. The lowest BCUT2D eigenvalue weighted by atomic mass is 10.1. The van der Waals surface area contributed by atoms with Crippen LogP contribution in [0, 0.1) is 0 Å². The van der Waals surface area contributed by atoms with Crippen molar-refractivity contribution in [2.24, 2.45) is 0 Å². The SMILES string of the molecule is COc1cc(NCCCO)c2ncccc2c1. The zero-order valence-electron chi connectivity index (χ0n) is 9.81. The van der Waals surface area contributed by atoms with Crippen molar-refractivity contribution in [3.63, 3.8) is 0 Å². The van der Waals surface area contributed by atoms with Crippen molar-refractivity contribution in [1.82, 2.24) is 4.98 Å². The Morgan fingerprint density at radius 1 is 1.41 bits per heavy atom. The molecule has 1 heterocycles. The summed E-state index contributed by atoms with van der Waals surface area (Å²) in [6.07, 6.45) is 2.48. The minimum absolute atomic E-state index is 0.183. The second-order valence-corrected chi connectivity index (χ2v) is 3.75. The number of nitrogens with zero attached hydrogens (tertiary/aromatic N) is 1. The van der Waals surface area contributed by atoms with Gasteiger partial charge in [-0.25, -0.2) is 0 Å². The fourth-order valence-electron chi connectivity index (χ4n) is 1.72. The molecular weight excluding hydrogens is 216 g/mol. The summed E-state index contributed by atoms with van der Waals surface area (Å²) in [5.74, 6) is 0.803. The molecule has 4 heteroatoms. The summed E-state index contributed by atoms with van der Waals surface area (Å²) in [4.78, 5) is 4.35. The van der Waals surface area contributed by atoms with Gasteiger partial charge in [-0.2, -0.15) is 0 Å². The quantitative estimate of drug-likeness (QED) is 0.774. The number of nitrogens with one attached hydrogen (secondary N) is 1. The minimum atomic E-state index is 0.183. The predicted molar refractivity (Wildman–Crippen MR) is 68.5 cm³/mol. The first-order valence-electron chi connectivity index (χ1n) is 5.62. The van der Waals surface area contributed by atoms with E-state index in [0.29, 0.717) is 6.42 Å². The second kappa shape index (κ2) is 5.50. The van der Waals surface area contributed by atoms with E-state index < -0.39 is 0 Å². The molecule has 2 rings (SSSR count). The van der Waals surface area contributed by atoms with E-state index in [1.165, 1.54) is 0 Å². The molecule has 17 heavy (non-hydrogen) atoms. The van der Waals surface area contributed by atoms with Crippen LogP contribution in [0.25, 0.3) is 10.9 Å². The van der Waals surface area contributed by atoms with Crippen LogP contribution in [0.2, 0.25) is 0 Å². The molecule has 0 atom stereocenters. The molecule has 2 aromatic rings. The highest BCUT2D eigenvalue weighted by Gasteiger charge is 2.04. The van der Waals surface area contributed by atoms with Gasteiger partial charge >= 0.3 is 0 Å². The fraction of sp³-hybridized carbons (Fsp3) is 0.308. The number of pyridine rings is 1. The van der Waals surface area contributed by atoms with E-state index in [0.717, 1.165) is 28.9 Å². The van der Waals surface area contributed by atoms with Gasteiger partial charge in [-0.3, -0.25) is 4.98 Å². The zero-order valence-corrected chi connectivity index (χ0v) is 9.81. The number of anilines is 1. The van der Waals surface area contributed by atoms with Gasteiger partial charge in [0.25, 0.3) is 0 Å². The van der Waals surface area contributed by atoms with Gasteiger partial charge in [0.1, 0.15) is 5.75 Å². The normalized spacial score (nSPS) is 10.5. The fourth-order valence-corrected chi connectivity index (χ4v) is 1.72. The minimum Gasteiger partial charge on any atom is -0.497 e. The number of hydrogen-bond donors (Lipinski definition) is 2. The Balaban J connectivity index is 2.36. The van der Waals surface area contributed by atoms with Crippen molar-refractivity contribution in [1.29, 1.82) is 0 Å². The highest BCUT2D eigenvalue weighted by atomic mass is 16.5. The molecular formula is C13H16N2O2. The van der Waals surface area contributed by atoms with E-state index in [4.69, 9.17) is 9.84 Å². The Labute approximate surface area is 100 Å². The lowest BCUT2D eigenvalue weighted by Crippen LogP contribution is -2.04. The maximum Gasteiger partial charge on any atom is 0.121 e. The topological polar surface area (TPSA) is 54.4 Å². The van der Waals surface area contributed by atoms with Gasteiger partial charge in [-0.1, -0.05) is 6.07 Å². The van der Waals surface area contributed by atoms with Crippen LogP contribution < -0.4 is 10.1 Å². The smallest absolute Gasteiger partial charge is 0.121 e. The van der Waals surface area contributed by atoms with Crippen LogP contribution in [0.3, 0.4) is 0 Å². The van der Waals surface area contributed by atoms with Gasteiger partial charge in [0.2, 0.25) is 0 Å². The third-order valence-corrected chi connectivity index (χ3v) is 2.56. The molecule has 0 saturated heterocycles. The predicted octanol–water partition coefficient (Wildman–Crippen LogP) is 2.04. The lowest BCUT2D eigenvalue weighted by Gasteiger charge is -2.10. The summed E-state index contributed by atoms with van der Waals surface area (Å²) in [5, 5.41) is 13.1. The summed E-state index contributed by atoms with van der Waals surface area (Å²) in [6, 6.07) is 7.79. The van der Waals surface area contributed by atoms with Gasteiger partial charge in [0.05, 0.1) is 18.3 Å². The van der Waals surface area contributed by atoms with Crippen LogP contribution in [0.15, 0.2) is 30.5 Å². The molecule has 0 aliphatic carbocycles. The molecule has 0 bridgehead atoms. The van der Waals surface area contributed by atoms with Crippen LogP contribution in [0.1, 0.15) is 6.42 Å². The van der Waals surface area contributed by atoms with E-state index >= 15 is 0 Å². The Kier molecular flexibility index (Phi) is 3.77. The van der Waals surface area contributed by atoms with Gasteiger partial charge < -0.3 is 15.2 Å². The summed E-state index contributed by atoms with van der Waals surface area (Å²) < 4.78 is 5.25. The van der Waals surface area contributed by atoms with E-state index in [2.05, 4.69) is 10.3 Å². The molecule has 2 N–H and O–H groups in total. The maximum absolute atomic E-state index is 8.78. The van der Waals surface area contributed by atoms with Crippen LogP contribution in [0.5, 0.6) is 5.75 Å². The van der Waals surface area contributed by atoms with Crippen molar-refractivity contribution < 1.29 is 9.84 Å². The Morgan fingerprint density at radius 2 is 2.29 bits per heavy atom. The Bertz CT molecular complexity index is 500. The summed E-state index contributed by atoms with van der Waals surface area (Å²) in [6.45, 7) is 0.900. The number of aromatic nitrogens is 1. The number of benzene rings is 1. The standard InChI is InChI=1S/C13H16N2O2/c1-17-11-8-10-4-2-5-15-13(10)12(9-11)14-6-3-7-16/h2,4-5,8-9,14,16H,3,6-7H2,1H3. The van der Waals surface area contributed by atoms with Crippen molar-refractivity contribution in [3.8, 4) is 5.75 Å². The first-order valence-corrected chi connectivity index (χ1v) is 5.62. The molecule has 0 aliphatic rings. The molecule has 0 aliphatic heterocycles. The average Bonchev–Trinajstić information content (AvgIpc) is 2.38. The van der Waals surface area contributed by atoms with E-state index in [9.17, 15) is 0 Å². The first-order chi connectivity index (χ1) is 8.35. The molecule has 0 saturated carbocycles. The number of aliphatic hydroxyl groups is 1. The summed E-state index contributed by atoms with van der Waals surface area (Å²) in [5.41, 5.74) is 1.86. The van der Waals surface area contributed by atoms with Gasteiger partial charge in [-0.15, -0.1) is 0 Å². The molecule has 0 spiro atoms.